The summed E-state index contributed by atoms with van der Waals surface area (Å²) in [5.74, 6) is 3.96. The van der Waals surface area contributed by atoms with E-state index in [1.807, 2.05) is 0 Å². The van der Waals surface area contributed by atoms with Gasteiger partial charge in [-0.3, -0.25) is 0 Å². The normalized spacial score (nSPS) is 33.3. The molecule has 0 aromatic rings. The van der Waals surface area contributed by atoms with E-state index in [0.717, 1.165) is 30.3 Å². The maximum absolute atomic E-state index is 6.26. The Bertz CT molecular complexity index is 266. The first-order valence-electron chi connectivity index (χ1n) is 10.3. The van der Waals surface area contributed by atoms with Crippen LogP contribution < -0.4 is 0 Å². The van der Waals surface area contributed by atoms with Crippen molar-refractivity contribution in [1.82, 2.24) is 0 Å². The van der Waals surface area contributed by atoms with E-state index in [9.17, 15) is 0 Å². The predicted molar refractivity (Wildman–Crippen MR) is 96.1 cm³/mol. The van der Waals surface area contributed by atoms with Gasteiger partial charge in [0.15, 0.2) is 0 Å². The summed E-state index contributed by atoms with van der Waals surface area (Å²) in [6.45, 7) is 8.04. The molecule has 2 rings (SSSR count). The molecule has 1 heteroatoms. The molecule has 22 heavy (non-hydrogen) atoms. The molecular formula is C21H40O. The van der Waals surface area contributed by atoms with E-state index in [2.05, 4.69) is 20.8 Å². The average molecular weight is 309 g/mol. The molecule has 0 aromatic heterocycles. The Kier molecular flexibility index (Phi) is 8.28. The summed E-state index contributed by atoms with van der Waals surface area (Å²) >= 11 is 0. The van der Waals surface area contributed by atoms with Crippen molar-refractivity contribution in [2.24, 2.45) is 23.7 Å². The second-order valence-corrected chi connectivity index (χ2v) is 8.33. The lowest BCUT2D eigenvalue weighted by atomic mass is 9.69. The Morgan fingerprint density at radius 2 is 1.27 bits per heavy atom. The molecule has 130 valence electrons. The third-order valence-corrected chi connectivity index (χ3v) is 6.41. The molecule has 0 heterocycles. The molecule has 2 aliphatic rings. The summed E-state index contributed by atoms with van der Waals surface area (Å²) in [4.78, 5) is 0. The highest BCUT2D eigenvalue weighted by molar-refractivity contribution is 4.81. The van der Waals surface area contributed by atoms with Gasteiger partial charge in [0.25, 0.3) is 0 Å². The van der Waals surface area contributed by atoms with E-state index in [-0.39, 0.29) is 0 Å². The zero-order chi connectivity index (χ0) is 15.8. The maximum Gasteiger partial charge on any atom is 0.0575 e. The zero-order valence-electron chi connectivity index (χ0n) is 15.5. The van der Waals surface area contributed by atoms with Gasteiger partial charge < -0.3 is 4.74 Å². The fourth-order valence-corrected chi connectivity index (χ4v) is 4.81. The fourth-order valence-electron chi connectivity index (χ4n) is 4.81. The van der Waals surface area contributed by atoms with Crippen molar-refractivity contribution < 1.29 is 4.74 Å². The molecule has 1 nitrogen and oxygen atoms in total. The third-order valence-electron chi connectivity index (χ3n) is 6.41. The predicted octanol–water partition coefficient (Wildman–Crippen LogP) is 6.60. The minimum atomic E-state index is 0.535. The highest BCUT2D eigenvalue weighted by Gasteiger charge is 2.30. The molecule has 0 atom stereocenters. The van der Waals surface area contributed by atoms with Gasteiger partial charge in [0.2, 0.25) is 0 Å². The third kappa shape index (κ3) is 5.87. The van der Waals surface area contributed by atoms with Crippen LogP contribution in [0.4, 0.5) is 0 Å². The second kappa shape index (κ2) is 9.96. The van der Waals surface area contributed by atoms with Crippen LogP contribution in [0, 0.1) is 23.7 Å². The van der Waals surface area contributed by atoms with Crippen molar-refractivity contribution in [3.8, 4) is 0 Å². The Balaban J connectivity index is 1.64. The van der Waals surface area contributed by atoms with Crippen LogP contribution in [0.15, 0.2) is 0 Å². The van der Waals surface area contributed by atoms with Gasteiger partial charge in [0.1, 0.15) is 0 Å². The van der Waals surface area contributed by atoms with E-state index < -0.39 is 0 Å². The van der Waals surface area contributed by atoms with Gasteiger partial charge in [-0.25, -0.2) is 0 Å². The Labute approximate surface area is 139 Å². The monoisotopic (exact) mass is 308 g/mol. The molecule has 0 unspecified atom stereocenters. The van der Waals surface area contributed by atoms with E-state index in [4.69, 9.17) is 4.74 Å². The van der Waals surface area contributed by atoms with Crippen LogP contribution in [0.5, 0.6) is 0 Å². The summed E-state index contributed by atoms with van der Waals surface area (Å²) in [6.07, 6.45) is 17.4. The highest BCUT2D eigenvalue weighted by Crippen LogP contribution is 2.41. The smallest absolute Gasteiger partial charge is 0.0575 e. The standard InChI is InChI=1S/C21H40O/c1-4-6-21(7-5-2)22-16-18-10-14-20(15-11-18)19-12-8-17(3)9-13-19/h17-21H,4-16H2,1-3H3/t17?,18-,19?,20+. The van der Waals surface area contributed by atoms with Crippen LogP contribution >= 0.6 is 0 Å². The number of rotatable bonds is 8. The molecule has 2 fully saturated rings. The lowest BCUT2D eigenvalue weighted by Gasteiger charge is -2.37. The molecule has 0 amide bonds. The second-order valence-electron chi connectivity index (χ2n) is 8.33. The van der Waals surface area contributed by atoms with E-state index in [1.54, 1.807) is 0 Å². The molecule has 0 bridgehead atoms. The Morgan fingerprint density at radius 1 is 0.773 bits per heavy atom. The molecule has 0 spiro atoms. The summed E-state index contributed by atoms with van der Waals surface area (Å²) in [6, 6.07) is 0. The fraction of sp³-hybridized carbons (Fsp3) is 1.00. The van der Waals surface area contributed by atoms with E-state index in [0.29, 0.717) is 6.10 Å². The molecule has 0 N–H and O–H groups in total. The van der Waals surface area contributed by atoms with Crippen molar-refractivity contribution in [2.75, 3.05) is 6.61 Å². The Morgan fingerprint density at radius 3 is 1.77 bits per heavy atom. The molecular weight excluding hydrogens is 268 g/mol. The quantitative estimate of drug-likeness (QED) is 0.490. The number of hydrogen-bond donors (Lipinski definition) is 0. The topological polar surface area (TPSA) is 9.23 Å². The molecule has 2 saturated carbocycles. The van der Waals surface area contributed by atoms with Gasteiger partial charge in [0, 0.05) is 6.61 Å². The molecule has 0 radical (unpaired) electrons. The lowest BCUT2D eigenvalue weighted by molar-refractivity contribution is 0.00366. The molecule has 0 saturated heterocycles. The van der Waals surface area contributed by atoms with Gasteiger partial charge in [-0.15, -0.1) is 0 Å². The van der Waals surface area contributed by atoms with Gasteiger partial charge in [0.05, 0.1) is 6.10 Å². The van der Waals surface area contributed by atoms with Crippen LogP contribution in [0.25, 0.3) is 0 Å². The maximum atomic E-state index is 6.26. The first-order valence-corrected chi connectivity index (χ1v) is 10.3. The molecule has 0 aromatic carbocycles. The average Bonchev–Trinajstić information content (AvgIpc) is 2.54. The van der Waals surface area contributed by atoms with Crippen molar-refractivity contribution in [1.29, 1.82) is 0 Å². The SMILES string of the molecule is CCCC(CCC)OC[C@H]1CC[C@@H](C2CCC(C)CC2)CC1. The van der Waals surface area contributed by atoms with Crippen LogP contribution in [0.1, 0.15) is 97.8 Å². The van der Waals surface area contributed by atoms with Crippen molar-refractivity contribution in [3.05, 3.63) is 0 Å². The summed E-state index contributed by atoms with van der Waals surface area (Å²) < 4.78 is 6.26. The molecule has 0 aliphatic heterocycles. The van der Waals surface area contributed by atoms with Gasteiger partial charge in [-0.05, 0) is 75.0 Å². The lowest BCUT2D eigenvalue weighted by Crippen LogP contribution is -2.27. The van der Waals surface area contributed by atoms with E-state index in [1.165, 1.54) is 77.0 Å². The summed E-state index contributed by atoms with van der Waals surface area (Å²) in [5, 5.41) is 0. The van der Waals surface area contributed by atoms with Crippen LogP contribution in [0.2, 0.25) is 0 Å². The van der Waals surface area contributed by atoms with Gasteiger partial charge in [-0.1, -0.05) is 46.5 Å². The first kappa shape index (κ1) is 18.3. The number of hydrogen-bond acceptors (Lipinski definition) is 1. The minimum absolute atomic E-state index is 0.535. The van der Waals surface area contributed by atoms with Gasteiger partial charge in [-0.2, -0.15) is 0 Å². The minimum Gasteiger partial charge on any atom is -0.378 e. The largest absolute Gasteiger partial charge is 0.378 e. The first-order chi connectivity index (χ1) is 10.7. The molecule has 2 aliphatic carbocycles. The van der Waals surface area contributed by atoms with Crippen molar-refractivity contribution in [3.63, 3.8) is 0 Å². The van der Waals surface area contributed by atoms with Gasteiger partial charge >= 0.3 is 0 Å². The number of ether oxygens (including phenoxy) is 1. The van der Waals surface area contributed by atoms with Crippen LogP contribution in [0.3, 0.4) is 0 Å². The summed E-state index contributed by atoms with van der Waals surface area (Å²) in [7, 11) is 0. The zero-order valence-corrected chi connectivity index (χ0v) is 15.5. The van der Waals surface area contributed by atoms with E-state index >= 15 is 0 Å². The Hall–Kier alpha value is -0.0400. The van der Waals surface area contributed by atoms with Crippen LogP contribution in [-0.2, 0) is 4.74 Å². The van der Waals surface area contributed by atoms with Crippen LogP contribution in [-0.4, -0.2) is 12.7 Å². The van der Waals surface area contributed by atoms with Crippen molar-refractivity contribution >= 4 is 0 Å². The highest BCUT2D eigenvalue weighted by atomic mass is 16.5. The van der Waals surface area contributed by atoms with Crippen molar-refractivity contribution in [2.45, 2.75) is 104 Å². The summed E-state index contributed by atoms with van der Waals surface area (Å²) in [5.41, 5.74) is 0.